The maximum atomic E-state index is 4.30. The Morgan fingerprint density at radius 3 is 2.25 bits per heavy atom. The third kappa shape index (κ3) is 3.26. The lowest BCUT2D eigenvalue weighted by Crippen LogP contribution is -1.97. The van der Waals surface area contributed by atoms with Gasteiger partial charge in [-0.3, -0.25) is 0 Å². The van der Waals surface area contributed by atoms with E-state index in [-0.39, 0.29) is 0 Å². The van der Waals surface area contributed by atoms with Crippen molar-refractivity contribution in [1.29, 1.82) is 0 Å². The van der Waals surface area contributed by atoms with E-state index >= 15 is 0 Å². The number of hydrogen-bond acceptors (Lipinski definition) is 2. The predicted molar refractivity (Wildman–Crippen MR) is 82.7 cm³/mol. The van der Waals surface area contributed by atoms with Crippen molar-refractivity contribution in [3.05, 3.63) is 49.3 Å². The van der Waals surface area contributed by atoms with Crippen LogP contribution < -0.4 is 0 Å². The molecular weight excluding hydrogens is 248 g/mol. The van der Waals surface area contributed by atoms with E-state index in [4.69, 9.17) is 0 Å². The molecule has 20 heavy (non-hydrogen) atoms. The van der Waals surface area contributed by atoms with Crippen molar-refractivity contribution in [1.82, 2.24) is 19.1 Å². The molecule has 2 aromatic heterocycles. The summed E-state index contributed by atoms with van der Waals surface area (Å²) in [5.74, 6) is 0. The molecule has 0 aliphatic heterocycles. The second-order valence-electron chi connectivity index (χ2n) is 5.34. The first-order chi connectivity index (χ1) is 9.59. The number of para-hydroxylation sites is 2. The summed E-state index contributed by atoms with van der Waals surface area (Å²) in [4.78, 5) is 8.21. The minimum Gasteiger partial charge on any atom is -0.335 e. The molecule has 0 amide bonds. The molecule has 0 radical (unpaired) electrons. The number of fused-ring (bicyclic) bond motifs is 1. The summed E-state index contributed by atoms with van der Waals surface area (Å²) < 4.78 is 4.23. The molecule has 0 unspecified atom stereocenters. The number of aromatic nitrogens is 4. The van der Waals surface area contributed by atoms with E-state index in [1.807, 2.05) is 37.1 Å². The van der Waals surface area contributed by atoms with Gasteiger partial charge in [-0.2, -0.15) is 0 Å². The highest BCUT2D eigenvalue weighted by atomic mass is 15.1. The summed E-state index contributed by atoms with van der Waals surface area (Å²) in [6, 6.07) is 9.22. The molecule has 0 saturated heterocycles. The molecule has 1 aromatic carbocycles. The second-order valence-corrected chi connectivity index (χ2v) is 5.34. The van der Waals surface area contributed by atoms with Gasteiger partial charge in [-0.15, -0.1) is 0 Å². The molecule has 4 heteroatoms. The van der Waals surface area contributed by atoms with E-state index in [9.17, 15) is 0 Å². The summed E-state index contributed by atoms with van der Waals surface area (Å²) in [5.41, 5.74) is 2.29. The molecule has 0 spiro atoms. The predicted octanol–water partition coefficient (Wildman–Crippen LogP) is 4.08. The van der Waals surface area contributed by atoms with Gasteiger partial charge in [-0.1, -0.05) is 12.1 Å². The maximum Gasteiger partial charge on any atom is 0.0960 e. The number of imidazole rings is 2. The molecule has 0 fully saturated rings. The van der Waals surface area contributed by atoms with Crippen molar-refractivity contribution in [2.24, 2.45) is 0 Å². The van der Waals surface area contributed by atoms with Gasteiger partial charge in [0, 0.05) is 24.5 Å². The quantitative estimate of drug-likeness (QED) is 0.703. The second kappa shape index (κ2) is 6.37. The van der Waals surface area contributed by atoms with Gasteiger partial charge in [0.2, 0.25) is 0 Å². The van der Waals surface area contributed by atoms with E-state index < -0.39 is 0 Å². The molecule has 3 aromatic rings. The van der Waals surface area contributed by atoms with Crippen LogP contribution in [0.3, 0.4) is 0 Å². The monoisotopic (exact) mass is 270 g/mol. The first kappa shape index (κ1) is 14.3. The molecule has 106 valence electrons. The van der Waals surface area contributed by atoms with Crippen molar-refractivity contribution in [2.45, 2.75) is 39.8 Å². The first-order valence-corrected chi connectivity index (χ1v) is 6.98. The Balaban J connectivity index is 0.000000160. The average Bonchev–Trinajstić information content (AvgIpc) is 3.09. The van der Waals surface area contributed by atoms with Crippen LogP contribution in [-0.4, -0.2) is 19.1 Å². The van der Waals surface area contributed by atoms with Gasteiger partial charge >= 0.3 is 0 Å². The summed E-state index contributed by atoms with van der Waals surface area (Å²) in [6.45, 7) is 8.57. The smallest absolute Gasteiger partial charge is 0.0960 e. The summed E-state index contributed by atoms with van der Waals surface area (Å²) >= 11 is 0. The Bertz CT molecular complexity index is 635. The van der Waals surface area contributed by atoms with Crippen molar-refractivity contribution in [3.63, 3.8) is 0 Å². The highest BCUT2D eigenvalue weighted by Gasteiger charge is 2.02. The summed E-state index contributed by atoms with van der Waals surface area (Å²) in [5, 5.41) is 0. The van der Waals surface area contributed by atoms with Crippen LogP contribution in [0.15, 0.2) is 49.3 Å². The minimum absolute atomic E-state index is 0.484. The van der Waals surface area contributed by atoms with Crippen molar-refractivity contribution >= 4 is 11.0 Å². The SMILES string of the molecule is CC(C)n1ccnc1.CC(C)n1cnc2ccccc21. The third-order valence-corrected chi connectivity index (χ3v) is 3.16. The van der Waals surface area contributed by atoms with E-state index in [0.29, 0.717) is 12.1 Å². The van der Waals surface area contributed by atoms with Crippen LogP contribution in [0.2, 0.25) is 0 Å². The van der Waals surface area contributed by atoms with Crippen LogP contribution in [0.4, 0.5) is 0 Å². The van der Waals surface area contributed by atoms with E-state index in [2.05, 4.69) is 52.9 Å². The molecule has 0 saturated carbocycles. The molecular formula is C16H22N4. The van der Waals surface area contributed by atoms with Crippen LogP contribution in [0.1, 0.15) is 39.8 Å². The zero-order valence-electron chi connectivity index (χ0n) is 12.6. The number of rotatable bonds is 2. The summed E-state index contributed by atoms with van der Waals surface area (Å²) in [7, 11) is 0. The van der Waals surface area contributed by atoms with Crippen LogP contribution in [-0.2, 0) is 0 Å². The van der Waals surface area contributed by atoms with Crippen molar-refractivity contribution in [3.8, 4) is 0 Å². The number of nitrogens with zero attached hydrogens (tertiary/aromatic N) is 4. The normalized spacial score (nSPS) is 10.9. The fraction of sp³-hybridized carbons (Fsp3) is 0.375. The minimum atomic E-state index is 0.484. The zero-order chi connectivity index (χ0) is 14.5. The molecule has 2 heterocycles. The topological polar surface area (TPSA) is 35.6 Å². The highest BCUT2D eigenvalue weighted by Crippen LogP contribution is 2.16. The number of benzene rings is 1. The van der Waals surface area contributed by atoms with Gasteiger partial charge in [0.05, 0.1) is 23.7 Å². The molecule has 0 atom stereocenters. The van der Waals surface area contributed by atoms with Crippen LogP contribution in [0.25, 0.3) is 11.0 Å². The Labute approximate surface area is 120 Å². The van der Waals surface area contributed by atoms with E-state index in [1.165, 1.54) is 5.52 Å². The largest absolute Gasteiger partial charge is 0.335 e. The average molecular weight is 270 g/mol. The van der Waals surface area contributed by atoms with Crippen molar-refractivity contribution < 1.29 is 0 Å². The molecule has 0 N–H and O–H groups in total. The molecule has 0 aliphatic carbocycles. The Morgan fingerprint density at radius 1 is 0.950 bits per heavy atom. The fourth-order valence-corrected chi connectivity index (χ4v) is 1.96. The van der Waals surface area contributed by atoms with E-state index in [0.717, 1.165) is 5.52 Å². The van der Waals surface area contributed by atoms with E-state index in [1.54, 1.807) is 6.20 Å². The van der Waals surface area contributed by atoms with Gasteiger partial charge in [-0.05, 0) is 39.8 Å². The molecule has 4 nitrogen and oxygen atoms in total. The zero-order valence-corrected chi connectivity index (χ0v) is 12.6. The lowest BCUT2D eigenvalue weighted by atomic mass is 10.3. The molecule has 3 rings (SSSR count). The summed E-state index contributed by atoms with van der Waals surface area (Å²) in [6.07, 6.45) is 7.48. The fourth-order valence-electron chi connectivity index (χ4n) is 1.96. The Kier molecular flexibility index (Phi) is 4.56. The van der Waals surface area contributed by atoms with Gasteiger partial charge in [0.15, 0.2) is 0 Å². The molecule has 0 aliphatic rings. The Hall–Kier alpha value is -2.10. The standard InChI is InChI=1S/C10H12N2.C6H10N2/c1-8(2)12-7-11-9-5-3-4-6-10(9)12;1-6(2)8-4-3-7-5-8/h3-8H,1-2H3;3-6H,1-2H3. The molecule has 0 bridgehead atoms. The van der Waals surface area contributed by atoms with Crippen LogP contribution >= 0.6 is 0 Å². The van der Waals surface area contributed by atoms with Crippen molar-refractivity contribution in [2.75, 3.05) is 0 Å². The Morgan fingerprint density at radius 2 is 1.70 bits per heavy atom. The van der Waals surface area contributed by atoms with Crippen LogP contribution in [0.5, 0.6) is 0 Å². The van der Waals surface area contributed by atoms with Gasteiger partial charge in [0.25, 0.3) is 0 Å². The van der Waals surface area contributed by atoms with Gasteiger partial charge in [-0.25, -0.2) is 9.97 Å². The van der Waals surface area contributed by atoms with Crippen LogP contribution in [0, 0.1) is 0 Å². The third-order valence-electron chi connectivity index (χ3n) is 3.16. The maximum absolute atomic E-state index is 4.30. The number of hydrogen-bond donors (Lipinski definition) is 0. The first-order valence-electron chi connectivity index (χ1n) is 6.98. The highest BCUT2D eigenvalue weighted by molar-refractivity contribution is 5.75. The lowest BCUT2D eigenvalue weighted by Gasteiger charge is -2.06. The van der Waals surface area contributed by atoms with Gasteiger partial charge in [0.1, 0.15) is 0 Å². The lowest BCUT2D eigenvalue weighted by molar-refractivity contribution is 0.600. The van der Waals surface area contributed by atoms with Gasteiger partial charge < -0.3 is 9.13 Å².